The van der Waals surface area contributed by atoms with Crippen LogP contribution in [0.3, 0.4) is 0 Å². The number of piperidine rings is 1. The molecule has 1 fully saturated rings. The van der Waals surface area contributed by atoms with Gasteiger partial charge in [0, 0.05) is 46.8 Å². The van der Waals surface area contributed by atoms with Crippen molar-refractivity contribution in [1.29, 1.82) is 0 Å². The molecule has 2 N–H and O–H groups in total. The maximum atomic E-state index is 12.9. The van der Waals surface area contributed by atoms with Crippen molar-refractivity contribution in [3.63, 3.8) is 0 Å². The lowest BCUT2D eigenvalue weighted by Gasteiger charge is -2.32. The predicted octanol–water partition coefficient (Wildman–Crippen LogP) is 3.42. The standard InChI is InChI=1S/C19H20N4O2S/c1-12-10-21-19(26-12)22-17(24)15-3-2-8-23(11-15)18(25)14-4-5-16-13(9-14)6-7-20-16/h4-7,9-10,15,20H,2-3,8,11H2,1H3,(H,21,22,24)/t15-/m1/s1. The second-order valence-electron chi connectivity index (χ2n) is 6.64. The molecule has 1 aliphatic heterocycles. The second kappa shape index (κ2) is 6.92. The van der Waals surface area contributed by atoms with E-state index in [1.165, 1.54) is 11.3 Å². The zero-order valence-corrected chi connectivity index (χ0v) is 15.3. The molecule has 1 aliphatic rings. The number of aromatic nitrogens is 2. The number of rotatable bonds is 3. The Bertz CT molecular complexity index is 961. The number of carbonyl (C=O) groups is 2. The summed E-state index contributed by atoms with van der Waals surface area (Å²) in [6, 6.07) is 7.61. The molecule has 134 valence electrons. The van der Waals surface area contributed by atoms with Crippen LogP contribution in [0.25, 0.3) is 10.9 Å². The average Bonchev–Trinajstić information content (AvgIpc) is 3.29. The number of aryl methyl sites for hydroxylation is 1. The molecule has 2 amide bonds. The van der Waals surface area contributed by atoms with Gasteiger partial charge < -0.3 is 15.2 Å². The molecule has 0 saturated carbocycles. The quantitative estimate of drug-likeness (QED) is 0.743. The molecule has 0 spiro atoms. The van der Waals surface area contributed by atoms with Gasteiger partial charge in [0.1, 0.15) is 0 Å². The van der Waals surface area contributed by atoms with Crippen molar-refractivity contribution in [1.82, 2.24) is 14.9 Å². The van der Waals surface area contributed by atoms with Crippen LogP contribution in [0.4, 0.5) is 5.13 Å². The van der Waals surface area contributed by atoms with E-state index in [1.807, 2.05) is 37.4 Å². The SMILES string of the molecule is Cc1cnc(NC(=O)[C@@H]2CCCN(C(=O)c3ccc4[nH]ccc4c3)C2)s1. The van der Waals surface area contributed by atoms with Crippen LogP contribution in [0.5, 0.6) is 0 Å². The zero-order chi connectivity index (χ0) is 18.1. The Morgan fingerprint density at radius 3 is 3.04 bits per heavy atom. The van der Waals surface area contributed by atoms with Gasteiger partial charge in [-0.2, -0.15) is 0 Å². The third kappa shape index (κ3) is 3.35. The molecule has 3 heterocycles. The number of nitrogens with one attached hydrogen (secondary N) is 2. The Morgan fingerprint density at radius 2 is 2.23 bits per heavy atom. The Hall–Kier alpha value is -2.67. The van der Waals surface area contributed by atoms with Gasteiger partial charge in [-0.15, -0.1) is 11.3 Å². The minimum absolute atomic E-state index is 0.0179. The Labute approximate surface area is 155 Å². The highest BCUT2D eigenvalue weighted by Crippen LogP contribution is 2.23. The first-order valence-electron chi connectivity index (χ1n) is 8.70. The molecular weight excluding hydrogens is 348 g/mol. The van der Waals surface area contributed by atoms with Crippen LogP contribution in [0.1, 0.15) is 28.1 Å². The zero-order valence-electron chi connectivity index (χ0n) is 14.5. The topological polar surface area (TPSA) is 78.1 Å². The largest absolute Gasteiger partial charge is 0.361 e. The minimum Gasteiger partial charge on any atom is -0.361 e. The summed E-state index contributed by atoms with van der Waals surface area (Å²) >= 11 is 1.46. The average molecular weight is 368 g/mol. The van der Waals surface area contributed by atoms with Crippen molar-refractivity contribution >= 4 is 39.2 Å². The fraction of sp³-hybridized carbons (Fsp3) is 0.316. The molecule has 26 heavy (non-hydrogen) atoms. The molecule has 7 heteroatoms. The third-order valence-electron chi connectivity index (χ3n) is 4.73. The van der Waals surface area contributed by atoms with Crippen molar-refractivity contribution in [3.05, 3.63) is 47.1 Å². The van der Waals surface area contributed by atoms with Crippen LogP contribution in [0, 0.1) is 12.8 Å². The molecule has 0 radical (unpaired) electrons. The van der Waals surface area contributed by atoms with E-state index in [9.17, 15) is 9.59 Å². The van der Waals surface area contributed by atoms with E-state index in [0.717, 1.165) is 28.6 Å². The van der Waals surface area contributed by atoms with E-state index in [0.29, 0.717) is 23.8 Å². The van der Waals surface area contributed by atoms with E-state index in [-0.39, 0.29) is 17.7 Å². The number of benzene rings is 1. The first-order chi connectivity index (χ1) is 12.6. The Kier molecular flexibility index (Phi) is 4.46. The number of fused-ring (bicyclic) bond motifs is 1. The Morgan fingerprint density at radius 1 is 1.35 bits per heavy atom. The molecule has 1 saturated heterocycles. The van der Waals surface area contributed by atoms with E-state index in [4.69, 9.17) is 0 Å². The first kappa shape index (κ1) is 16.8. The van der Waals surface area contributed by atoms with E-state index in [2.05, 4.69) is 15.3 Å². The lowest BCUT2D eigenvalue weighted by atomic mass is 9.96. The summed E-state index contributed by atoms with van der Waals surface area (Å²) in [7, 11) is 0. The number of hydrogen-bond donors (Lipinski definition) is 2. The third-order valence-corrected chi connectivity index (χ3v) is 5.56. The van der Waals surface area contributed by atoms with Crippen LogP contribution in [-0.4, -0.2) is 39.8 Å². The summed E-state index contributed by atoms with van der Waals surface area (Å²) < 4.78 is 0. The minimum atomic E-state index is -0.201. The van der Waals surface area contributed by atoms with Gasteiger partial charge in [0.15, 0.2) is 5.13 Å². The van der Waals surface area contributed by atoms with Gasteiger partial charge in [-0.05, 0) is 44.0 Å². The van der Waals surface area contributed by atoms with Crippen LogP contribution >= 0.6 is 11.3 Å². The van der Waals surface area contributed by atoms with Crippen molar-refractivity contribution in [3.8, 4) is 0 Å². The van der Waals surface area contributed by atoms with Gasteiger partial charge >= 0.3 is 0 Å². The lowest BCUT2D eigenvalue weighted by Crippen LogP contribution is -2.43. The first-order valence-corrected chi connectivity index (χ1v) is 9.51. The fourth-order valence-electron chi connectivity index (χ4n) is 3.36. The number of likely N-dealkylation sites (tertiary alicyclic amines) is 1. The molecular formula is C19H20N4O2S. The molecule has 2 aromatic heterocycles. The smallest absolute Gasteiger partial charge is 0.253 e. The summed E-state index contributed by atoms with van der Waals surface area (Å²) in [5.74, 6) is -0.276. The molecule has 4 rings (SSSR count). The van der Waals surface area contributed by atoms with E-state index in [1.54, 1.807) is 11.1 Å². The summed E-state index contributed by atoms with van der Waals surface area (Å²) in [6.45, 7) is 3.08. The van der Waals surface area contributed by atoms with Crippen molar-refractivity contribution < 1.29 is 9.59 Å². The monoisotopic (exact) mass is 368 g/mol. The van der Waals surface area contributed by atoms with Gasteiger partial charge in [-0.1, -0.05) is 0 Å². The van der Waals surface area contributed by atoms with Gasteiger partial charge in [0.25, 0.3) is 5.91 Å². The molecule has 1 aromatic carbocycles. The maximum absolute atomic E-state index is 12.9. The number of carbonyl (C=O) groups excluding carboxylic acids is 2. The van der Waals surface area contributed by atoms with Gasteiger partial charge in [-0.25, -0.2) is 4.98 Å². The second-order valence-corrected chi connectivity index (χ2v) is 7.87. The number of thiazole rings is 1. The molecule has 6 nitrogen and oxygen atoms in total. The fourth-order valence-corrected chi connectivity index (χ4v) is 4.03. The highest BCUT2D eigenvalue weighted by atomic mass is 32.1. The summed E-state index contributed by atoms with van der Waals surface area (Å²) in [5, 5.41) is 4.51. The van der Waals surface area contributed by atoms with Crippen molar-refractivity contribution in [2.24, 2.45) is 5.92 Å². The van der Waals surface area contributed by atoms with Gasteiger partial charge in [0.2, 0.25) is 5.91 Å². The lowest BCUT2D eigenvalue weighted by molar-refractivity contribution is -0.121. The molecule has 0 bridgehead atoms. The van der Waals surface area contributed by atoms with Crippen LogP contribution < -0.4 is 5.32 Å². The summed E-state index contributed by atoms with van der Waals surface area (Å²) in [4.78, 5) is 35.6. The van der Waals surface area contributed by atoms with Crippen LogP contribution in [0.15, 0.2) is 36.7 Å². The van der Waals surface area contributed by atoms with Gasteiger partial charge in [0.05, 0.1) is 5.92 Å². The van der Waals surface area contributed by atoms with E-state index >= 15 is 0 Å². The number of nitrogens with zero attached hydrogens (tertiary/aromatic N) is 2. The summed E-state index contributed by atoms with van der Waals surface area (Å²) in [6.07, 6.45) is 5.22. The van der Waals surface area contributed by atoms with Crippen LogP contribution in [-0.2, 0) is 4.79 Å². The normalized spacial score (nSPS) is 17.4. The van der Waals surface area contributed by atoms with Crippen molar-refractivity contribution in [2.75, 3.05) is 18.4 Å². The number of amides is 2. The Balaban J connectivity index is 1.45. The predicted molar refractivity (Wildman–Crippen MR) is 102 cm³/mol. The molecule has 0 aliphatic carbocycles. The van der Waals surface area contributed by atoms with Crippen LogP contribution in [0.2, 0.25) is 0 Å². The van der Waals surface area contributed by atoms with Gasteiger partial charge in [-0.3, -0.25) is 9.59 Å². The number of hydrogen-bond acceptors (Lipinski definition) is 4. The number of H-pyrrole nitrogens is 1. The number of aromatic amines is 1. The highest BCUT2D eigenvalue weighted by molar-refractivity contribution is 7.15. The van der Waals surface area contributed by atoms with Crippen molar-refractivity contribution in [2.45, 2.75) is 19.8 Å². The number of anilines is 1. The molecule has 3 aromatic rings. The molecule has 0 unspecified atom stereocenters. The van der Waals surface area contributed by atoms with E-state index < -0.39 is 0 Å². The summed E-state index contributed by atoms with van der Waals surface area (Å²) in [5.41, 5.74) is 1.67. The molecule has 1 atom stereocenters. The highest BCUT2D eigenvalue weighted by Gasteiger charge is 2.29. The maximum Gasteiger partial charge on any atom is 0.253 e.